The van der Waals surface area contributed by atoms with Crippen LogP contribution in [0.1, 0.15) is 5.69 Å². The Labute approximate surface area is 75.1 Å². The normalized spacial score (nSPS) is 9.92. The highest BCUT2D eigenvalue weighted by Gasteiger charge is 2.06. The Hall–Kier alpha value is -1.84. The van der Waals surface area contributed by atoms with Crippen LogP contribution in [-0.2, 0) is 0 Å². The molecule has 0 amide bonds. The van der Waals surface area contributed by atoms with Gasteiger partial charge >= 0.3 is 0 Å². The summed E-state index contributed by atoms with van der Waals surface area (Å²) in [6, 6.07) is 9.37. The Morgan fingerprint density at radius 2 is 1.92 bits per heavy atom. The maximum Gasteiger partial charge on any atom is 0.284 e. The van der Waals surface area contributed by atoms with Crippen molar-refractivity contribution < 1.29 is 9.37 Å². The summed E-state index contributed by atoms with van der Waals surface area (Å²) in [5.74, 6) is 1.13. The average molecular weight is 176 g/mol. The molecule has 0 aliphatic heterocycles. The predicted molar refractivity (Wildman–Crippen MR) is 45.6 cm³/mol. The van der Waals surface area contributed by atoms with Gasteiger partial charge in [-0.15, -0.1) is 0 Å². The van der Waals surface area contributed by atoms with Crippen molar-refractivity contribution in [2.75, 3.05) is 0 Å². The molecule has 1 aromatic heterocycles. The van der Waals surface area contributed by atoms with Crippen LogP contribution in [0.4, 0.5) is 0 Å². The molecule has 0 saturated heterocycles. The quantitative estimate of drug-likeness (QED) is 0.703. The fourth-order valence-corrected chi connectivity index (χ4v) is 0.916. The van der Waals surface area contributed by atoms with E-state index in [-0.39, 0.29) is 0 Å². The summed E-state index contributed by atoms with van der Waals surface area (Å²) in [5.41, 5.74) is 0.642. The van der Waals surface area contributed by atoms with Gasteiger partial charge in [-0.2, -0.15) is 0 Å². The van der Waals surface area contributed by atoms with Gasteiger partial charge < -0.3 is 4.74 Å². The van der Waals surface area contributed by atoms with Gasteiger partial charge in [-0.3, -0.25) is 0 Å². The summed E-state index contributed by atoms with van der Waals surface area (Å²) >= 11 is 0. The van der Waals surface area contributed by atoms with E-state index in [1.807, 2.05) is 30.3 Å². The van der Waals surface area contributed by atoms with Crippen molar-refractivity contribution in [1.29, 1.82) is 0 Å². The molecule has 1 aromatic carbocycles. The van der Waals surface area contributed by atoms with Crippen molar-refractivity contribution in [1.82, 2.24) is 10.3 Å². The standard InChI is InChI=1S/C9H8N2O2/c1-7-9(11-13-10-7)12-8-5-3-2-4-6-8/h2-6H,1H3. The highest BCUT2D eigenvalue weighted by Crippen LogP contribution is 2.20. The second kappa shape index (κ2) is 3.26. The van der Waals surface area contributed by atoms with Crippen molar-refractivity contribution in [3.8, 4) is 11.6 Å². The van der Waals surface area contributed by atoms with Gasteiger partial charge in [0.2, 0.25) is 0 Å². The minimum atomic E-state index is 0.409. The Morgan fingerprint density at radius 1 is 1.15 bits per heavy atom. The molecule has 4 heteroatoms. The average Bonchev–Trinajstić information content (AvgIpc) is 2.54. The molecular formula is C9H8N2O2. The van der Waals surface area contributed by atoms with E-state index < -0.39 is 0 Å². The van der Waals surface area contributed by atoms with Crippen LogP contribution in [0.2, 0.25) is 0 Å². The van der Waals surface area contributed by atoms with E-state index in [9.17, 15) is 0 Å². The summed E-state index contributed by atoms with van der Waals surface area (Å²) in [7, 11) is 0. The number of benzene rings is 1. The van der Waals surface area contributed by atoms with E-state index in [0.29, 0.717) is 11.6 Å². The molecule has 0 spiro atoms. The monoisotopic (exact) mass is 176 g/mol. The lowest BCUT2D eigenvalue weighted by Crippen LogP contribution is -1.85. The second-order valence-electron chi connectivity index (χ2n) is 2.57. The number of ether oxygens (including phenoxy) is 1. The molecule has 2 rings (SSSR count). The lowest BCUT2D eigenvalue weighted by Gasteiger charge is -1.99. The van der Waals surface area contributed by atoms with E-state index in [1.165, 1.54) is 0 Å². The molecule has 0 saturated carbocycles. The topological polar surface area (TPSA) is 48.2 Å². The van der Waals surface area contributed by atoms with Crippen molar-refractivity contribution in [3.05, 3.63) is 36.0 Å². The van der Waals surface area contributed by atoms with Gasteiger partial charge in [0.15, 0.2) is 0 Å². The van der Waals surface area contributed by atoms with Gasteiger partial charge in [-0.25, -0.2) is 4.63 Å². The minimum Gasteiger partial charge on any atom is -0.435 e. The van der Waals surface area contributed by atoms with E-state index in [2.05, 4.69) is 14.9 Å². The molecule has 0 radical (unpaired) electrons. The van der Waals surface area contributed by atoms with Gasteiger partial charge in [0, 0.05) is 0 Å². The molecule has 0 atom stereocenters. The number of hydrogen-bond donors (Lipinski definition) is 0. The van der Waals surface area contributed by atoms with E-state index in [0.717, 1.165) is 5.75 Å². The van der Waals surface area contributed by atoms with Crippen molar-refractivity contribution in [2.24, 2.45) is 0 Å². The Balaban J connectivity index is 2.20. The van der Waals surface area contributed by atoms with Crippen LogP contribution in [0, 0.1) is 6.92 Å². The third-order valence-corrected chi connectivity index (χ3v) is 1.57. The lowest BCUT2D eigenvalue weighted by molar-refractivity contribution is 0.289. The Bertz CT molecular complexity index is 384. The summed E-state index contributed by atoms with van der Waals surface area (Å²) < 4.78 is 9.87. The molecular weight excluding hydrogens is 168 g/mol. The number of rotatable bonds is 2. The first kappa shape index (κ1) is 7.79. The first-order valence-electron chi connectivity index (χ1n) is 3.88. The summed E-state index contributed by atoms with van der Waals surface area (Å²) in [6.45, 7) is 1.77. The van der Waals surface area contributed by atoms with Gasteiger partial charge in [0.1, 0.15) is 11.4 Å². The van der Waals surface area contributed by atoms with Crippen LogP contribution >= 0.6 is 0 Å². The molecule has 0 N–H and O–H groups in total. The molecule has 4 nitrogen and oxygen atoms in total. The number of aromatic nitrogens is 2. The SMILES string of the molecule is Cc1nonc1Oc1ccccc1. The molecule has 0 fully saturated rings. The molecule has 0 unspecified atom stereocenters. The van der Waals surface area contributed by atoms with Crippen LogP contribution in [0.3, 0.4) is 0 Å². The Kier molecular flexibility index (Phi) is 1.96. The minimum absolute atomic E-state index is 0.409. The fourth-order valence-electron chi connectivity index (χ4n) is 0.916. The number of hydrogen-bond acceptors (Lipinski definition) is 4. The highest BCUT2D eigenvalue weighted by molar-refractivity contribution is 5.27. The molecule has 0 aliphatic rings. The lowest BCUT2D eigenvalue weighted by atomic mass is 10.3. The van der Waals surface area contributed by atoms with Gasteiger partial charge in [-0.1, -0.05) is 23.4 Å². The zero-order valence-corrected chi connectivity index (χ0v) is 7.10. The number of aryl methyl sites for hydroxylation is 1. The first-order valence-corrected chi connectivity index (χ1v) is 3.88. The van der Waals surface area contributed by atoms with Crippen LogP contribution < -0.4 is 4.74 Å². The summed E-state index contributed by atoms with van der Waals surface area (Å²) in [4.78, 5) is 0. The second-order valence-corrected chi connectivity index (χ2v) is 2.57. The Morgan fingerprint density at radius 3 is 2.54 bits per heavy atom. The summed E-state index contributed by atoms with van der Waals surface area (Å²) in [5, 5.41) is 7.20. The first-order chi connectivity index (χ1) is 6.36. The smallest absolute Gasteiger partial charge is 0.284 e. The fraction of sp³-hybridized carbons (Fsp3) is 0.111. The highest BCUT2D eigenvalue weighted by atomic mass is 16.6. The van der Waals surface area contributed by atoms with Crippen LogP contribution in [0.15, 0.2) is 35.0 Å². The summed E-state index contributed by atoms with van der Waals surface area (Å²) in [6.07, 6.45) is 0. The van der Waals surface area contributed by atoms with E-state index >= 15 is 0 Å². The predicted octanol–water partition coefficient (Wildman–Crippen LogP) is 2.17. The van der Waals surface area contributed by atoms with Crippen LogP contribution in [-0.4, -0.2) is 10.3 Å². The maximum atomic E-state index is 5.38. The maximum absolute atomic E-state index is 5.38. The van der Waals surface area contributed by atoms with Gasteiger partial charge in [-0.05, 0) is 24.2 Å². The van der Waals surface area contributed by atoms with Crippen LogP contribution in [0.25, 0.3) is 0 Å². The zero-order chi connectivity index (χ0) is 9.10. The molecule has 13 heavy (non-hydrogen) atoms. The largest absolute Gasteiger partial charge is 0.435 e. The molecule has 66 valence electrons. The molecule has 1 heterocycles. The van der Waals surface area contributed by atoms with Crippen molar-refractivity contribution >= 4 is 0 Å². The van der Waals surface area contributed by atoms with Crippen LogP contribution in [0.5, 0.6) is 11.6 Å². The van der Waals surface area contributed by atoms with Crippen molar-refractivity contribution in [3.63, 3.8) is 0 Å². The number of nitrogens with zero attached hydrogens (tertiary/aromatic N) is 2. The molecule has 0 bridgehead atoms. The third kappa shape index (κ3) is 1.66. The molecule has 2 aromatic rings. The van der Waals surface area contributed by atoms with Gasteiger partial charge in [0.25, 0.3) is 5.88 Å². The van der Waals surface area contributed by atoms with Crippen molar-refractivity contribution in [2.45, 2.75) is 6.92 Å². The number of para-hydroxylation sites is 1. The zero-order valence-electron chi connectivity index (χ0n) is 7.10. The molecule has 0 aliphatic carbocycles. The van der Waals surface area contributed by atoms with E-state index in [1.54, 1.807) is 6.92 Å². The van der Waals surface area contributed by atoms with E-state index in [4.69, 9.17) is 4.74 Å². The third-order valence-electron chi connectivity index (χ3n) is 1.57. The van der Waals surface area contributed by atoms with Gasteiger partial charge in [0.05, 0.1) is 0 Å².